The lowest BCUT2D eigenvalue weighted by molar-refractivity contribution is 0.597. The molecule has 0 spiro atoms. The van der Waals surface area contributed by atoms with Gasteiger partial charge in [-0.25, -0.2) is 9.97 Å². The molecule has 1 rings (SSSR count). The third kappa shape index (κ3) is 2.76. The van der Waals surface area contributed by atoms with Crippen molar-refractivity contribution >= 4 is 15.9 Å². The highest BCUT2D eigenvalue weighted by molar-refractivity contribution is 9.10. The summed E-state index contributed by atoms with van der Waals surface area (Å²) < 4.78 is 0.891. The van der Waals surface area contributed by atoms with Crippen LogP contribution in [0.3, 0.4) is 0 Å². The third-order valence-electron chi connectivity index (χ3n) is 2.19. The van der Waals surface area contributed by atoms with Crippen molar-refractivity contribution in [3.05, 3.63) is 22.2 Å². The smallest absolute Gasteiger partial charge is 0.132 e. The monoisotopic (exact) mass is 242 g/mol. The molecule has 0 amide bonds. The molecule has 0 aromatic carbocycles. The van der Waals surface area contributed by atoms with E-state index >= 15 is 0 Å². The van der Waals surface area contributed by atoms with Crippen LogP contribution in [0, 0.1) is 6.92 Å². The molecule has 1 aromatic heterocycles. The van der Waals surface area contributed by atoms with Crippen molar-refractivity contribution in [2.75, 3.05) is 0 Å². The molecule has 3 heteroatoms. The van der Waals surface area contributed by atoms with Gasteiger partial charge in [0.1, 0.15) is 10.4 Å². The second kappa shape index (κ2) is 4.70. The molecular weight excluding hydrogens is 228 g/mol. The van der Waals surface area contributed by atoms with Crippen LogP contribution in [-0.4, -0.2) is 9.97 Å². The highest BCUT2D eigenvalue weighted by atomic mass is 79.9. The molecule has 0 saturated carbocycles. The Morgan fingerprint density at radius 2 is 1.92 bits per heavy atom. The Morgan fingerprint density at radius 3 is 2.38 bits per heavy atom. The van der Waals surface area contributed by atoms with Gasteiger partial charge in [-0.2, -0.15) is 0 Å². The number of aryl methyl sites for hydroxylation is 1. The van der Waals surface area contributed by atoms with Gasteiger partial charge in [-0.05, 0) is 41.8 Å². The minimum Gasteiger partial charge on any atom is -0.238 e. The number of rotatable bonds is 3. The van der Waals surface area contributed by atoms with Crippen molar-refractivity contribution in [2.24, 2.45) is 0 Å². The standard InChI is InChI=1S/C10H15BrN2/c1-4-8(5-2)10-12-7(3)6-9(11)13-10/h6,8H,4-5H2,1-3H3. The van der Waals surface area contributed by atoms with E-state index in [4.69, 9.17) is 0 Å². The average molecular weight is 243 g/mol. The topological polar surface area (TPSA) is 25.8 Å². The van der Waals surface area contributed by atoms with E-state index in [1.54, 1.807) is 0 Å². The van der Waals surface area contributed by atoms with E-state index in [0.29, 0.717) is 5.92 Å². The van der Waals surface area contributed by atoms with Gasteiger partial charge in [0.2, 0.25) is 0 Å². The molecule has 0 aliphatic carbocycles. The summed E-state index contributed by atoms with van der Waals surface area (Å²) in [6, 6.07) is 1.94. The first-order valence-electron chi connectivity index (χ1n) is 4.68. The molecule has 0 atom stereocenters. The fourth-order valence-corrected chi connectivity index (χ4v) is 1.90. The first kappa shape index (κ1) is 10.6. The maximum absolute atomic E-state index is 4.43. The van der Waals surface area contributed by atoms with Crippen LogP contribution in [0.25, 0.3) is 0 Å². The van der Waals surface area contributed by atoms with Crippen molar-refractivity contribution in [3.63, 3.8) is 0 Å². The van der Waals surface area contributed by atoms with E-state index in [1.807, 2.05) is 13.0 Å². The van der Waals surface area contributed by atoms with Crippen LogP contribution in [0.1, 0.15) is 44.1 Å². The molecule has 1 aromatic rings. The second-order valence-corrected chi connectivity index (χ2v) is 4.02. The van der Waals surface area contributed by atoms with Crippen LogP contribution in [0.5, 0.6) is 0 Å². The minimum absolute atomic E-state index is 0.496. The van der Waals surface area contributed by atoms with Crippen molar-refractivity contribution in [1.82, 2.24) is 9.97 Å². The summed E-state index contributed by atoms with van der Waals surface area (Å²) in [6.07, 6.45) is 2.21. The third-order valence-corrected chi connectivity index (χ3v) is 2.60. The molecule has 0 unspecified atom stereocenters. The molecule has 0 bridgehead atoms. The molecule has 0 fully saturated rings. The summed E-state index contributed by atoms with van der Waals surface area (Å²) in [5.41, 5.74) is 1.03. The molecule has 0 radical (unpaired) electrons. The van der Waals surface area contributed by atoms with Gasteiger partial charge < -0.3 is 0 Å². The van der Waals surface area contributed by atoms with Gasteiger partial charge in [-0.1, -0.05) is 13.8 Å². The Morgan fingerprint density at radius 1 is 1.31 bits per heavy atom. The predicted molar refractivity (Wildman–Crippen MR) is 57.8 cm³/mol. The zero-order valence-electron chi connectivity index (χ0n) is 8.34. The van der Waals surface area contributed by atoms with Crippen LogP contribution >= 0.6 is 15.9 Å². The number of aromatic nitrogens is 2. The minimum atomic E-state index is 0.496. The van der Waals surface area contributed by atoms with E-state index in [2.05, 4.69) is 39.7 Å². The van der Waals surface area contributed by atoms with Gasteiger partial charge in [0.25, 0.3) is 0 Å². The molecule has 2 nitrogen and oxygen atoms in total. The predicted octanol–water partition coefficient (Wildman–Crippen LogP) is 3.45. The van der Waals surface area contributed by atoms with Crippen molar-refractivity contribution < 1.29 is 0 Å². The zero-order valence-corrected chi connectivity index (χ0v) is 9.93. The molecular formula is C10H15BrN2. The van der Waals surface area contributed by atoms with E-state index in [0.717, 1.165) is 29.0 Å². The van der Waals surface area contributed by atoms with E-state index in [9.17, 15) is 0 Å². The summed E-state index contributed by atoms with van der Waals surface area (Å²) >= 11 is 3.39. The van der Waals surface area contributed by atoms with Crippen molar-refractivity contribution in [3.8, 4) is 0 Å². The molecule has 1 heterocycles. The summed E-state index contributed by atoms with van der Waals surface area (Å²) in [7, 11) is 0. The lowest BCUT2D eigenvalue weighted by atomic mass is 10.0. The maximum Gasteiger partial charge on any atom is 0.132 e. The number of nitrogens with zero attached hydrogens (tertiary/aromatic N) is 2. The Hall–Kier alpha value is -0.440. The van der Waals surface area contributed by atoms with Crippen molar-refractivity contribution in [1.29, 1.82) is 0 Å². The number of halogens is 1. The highest BCUT2D eigenvalue weighted by Gasteiger charge is 2.10. The number of hydrogen-bond acceptors (Lipinski definition) is 2. The SMILES string of the molecule is CCC(CC)c1nc(C)cc(Br)n1. The molecule has 0 N–H and O–H groups in total. The summed E-state index contributed by atoms with van der Waals surface area (Å²) in [4.78, 5) is 8.82. The first-order valence-corrected chi connectivity index (χ1v) is 5.47. The van der Waals surface area contributed by atoms with E-state index in [-0.39, 0.29) is 0 Å². The Kier molecular flexibility index (Phi) is 3.85. The quantitative estimate of drug-likeness (QED) is 0.760. The van der Waals surface area contributed by atoms with Gasteiger partial charge in [0, 0.05) is 11.6 Å². The Bertz CT molecular complexity index is 262. The van der Waals surface area contributed by atoms with Gasteiger partial charge in [-0.15, -0.1) is 0 Å². The van der Waals surface area contributed by atoms with Gasteiger partial charge in [0.15, 0.2) is 0 Å². The first-order chi connectivity index (χ1) is 6.17. The van der Waals surface area contributed by atoms with Crippen LogP contribution in [0.4, 0.5) is 0 Å². The van der Waals surface area contributed by atoms with Crippen LogP contribution < -0.4 is 0 Å². The van der Waals surface area contributed by atoms with Gasteiger partial charge >= 0.3 is 0 Å². The summed E-state index contributed by atoms with van der Waals surface area (Å²) in [5.74, 6) is 1.47. The Balaban J connectivity index is 2.99. The number of hydrogen-bond donors (Lipinski definition) is 0. The van der Waals surface area contributed by atoms with Gasteiger partial charge in [-0.3, -0.25) is 0 Å². The molecule has 13 heavy (non-hydrogen) atoms. The zero-order chi connectivity index (χ0) is 9.84. The summed E-state index contributed by atoms with van der Waals surface area (Å²) in [6.45, 7) is 6.35. The van der Waals surface area contributed by atoms with E-state index < -0.39 is 0 Å². The van der Waals surface area contributed by atoms with Crippen LogP contribution in [0.2, 0.25) is 0 Å². The largest absolute Gasteiger partial charge is 0.238 e. The fraction of sp³-hybridized carbons (Fsp3) is 0.600. The molecule has 0 saturated heterocycles. The molecule has 0 aliphatic rings. The highest BCUT2D eigenvalue weighted by Crippen LogP contribution is 2.21. The second-order valence-electron chi connectivity index (χ2n) is 3.20. The molecule has 72 valence electrons. The lowest BCUT2D eigenvalue weighted by Crippen LogP contribution is -2.03. The summed E-state index contributed by atoms with van der Waals surface area (Å²) in [5, 5.41) is 0. The maximum atomic E-state index is 4.43. The Labute approximate surface area is 87.9 Å². The van der Waals surface area contributed by atoms with E-state index in [1.165, 1.54) is 0 Å². The fourth-order valence-electron chi connectivity index (χ4n) is 1.39. The van der Waals surface area contributed by atoms with Gasteiger partial charge in [0.05, 0.1) is 0 Å². The van der Waals surface area contributed by atoms with Crippen LogP contribution in [0.15, 0.2) is 10.7 Å². The van der Waals surface area contributed by atoms with Crippen molar-refractivity contribution in [2.45, 2.75) is 39.5 Å². The average Bonchev–Trinajstić information content (AvgIpc) is 2.04. The molecule has 0 aliphatic heterocycles. The lowest BCUT2D eigenvalue weighted by Gasteiger charge is -2.11. The van der Waals surface area contributed by atoms with Crippen LogP contribution in [-0.2, 0) is 0 Å². The normalized spacial score (nSPS) is 10.8.